The zero-order valence-electron chi connectivity index (χ0n) is 16.7. The Morgan fingerprint density at radius 1 is 1.09 bits per heavy atom. The zero-order chi connectivity index (χ0) is 24.3. The molecule has 0 unspecified atom stereocenters. The van der Waals surface area contributed by atoms with Crippen LogP contribution in [-0.4, -0.2) is 32.6 Å². The minimum absolute atomic E-state index is 0.0451. The smallest absolute Gasteiger partial charge is 0.350 e. The number of hydrogen-bond acceptors (Lipinski definition) is 5. The summed E-state index contributed by atoms with van der Waals surface area (Å²) in [6.07, 6.45) is -3.58. The lowest BCUT2D eigenvalue weighted by atomic mass is 10.1. The fraction of sp³-hybridized carbons (Fsp3) is 0.105. The molecule has 0 bridgehead atoms. The van der Waals surface area contributed by atoms with E-state index in [4.69, 9.17) is 17.3 Å². The van der Waals surface area contributed by atoms with Gasteiger partial charge in [0.1, 0.15) is 5.69 Å². The maximum absolute atomic E-state index is 13.3. The van der Waals surface area contributed by atoms with E-state index in [1.54, 1.807) is 13.0 Å². The van der Waals surface area contributed by atoms with Crippen molar-refractivity contribution in [2.24, 2.45) is 5.73 Å². The highest BCUT2D eigenvalue weighted by Gasteiger charge is 2.36. The molecule has 0 fully saturated rings. The summed E-state index contributed by atoms with van der Waals surface area (Å²) in [7, 11) is 0. The molecule has 3 rings (SSSR count). The van der Waals surface area contributed by atoms with Gasteiger partial charge in [-0.15, -0.1) is 0 Å². The molecule has 14 heteroatoms. The average molecular weight is 482 g/mol. The van der Waals surface area contributed by atoms with Crippen LogP contribution in [0.5, 0.6) is 0 Å². The van der Waals surface area contributed by atoms with Gasteiger partial charge in [-0.25, -0.2) is 19.9 Å². The number of amides is 4. The van der Waals surface area contributed by atoms with Gasteiger partial charge in [-0.1, -0.05) is 23.2 Å². The van der Waals surface area contributed by atoms with E-state index in [0.29, 0.717) is 16.3 Å². The maximum Gasteiger partial charge on any atom is 0.435 e. The van der Waals surface area contributed by atoms with Crippen LogP contribution in [0.1, 0.15) is 32.1 Å². The number of nitrogens with one attached hydrogen (secondary N) is 3. The van der Waals surface area contributed by atoms with Crippen molar-refractivity contribution in [3.63, 3.8) is 0 Å². The SMILES string of the molecule is Cc1ccc(NC(=O)c2cc(C(F)(F)F)nn2-c2ncccc2Cl)c(C(=O)NNC(N)=O)c1. The van der Waals surface area contributed by atoms with Crippen LogP contribution in [0.25, 0.3) is 5.82 Å². The third kappa shape index (κ3) is 5.38. The van der Waals surface area contributed by atoms with Crippen molar-refractivity contribution in [1.82, 2.24) is 25.6 Å². The molecule has 0 aliphatic rings. The molecule has 4 amide bonds. The average Bonchev–Trinajstić information content (AvgIpc) is 3.19. The molecule has 0 spiro atoms. The lowest BCUT2D eigenvalue weighted by Gasteiger charge is -2.13. The van der Waals surface area contributed by atoms with Gasteiger partial charge in [0.25, 0.3) is 11.8 Å². The van der Waals surface area contributed by atoms with Crippen LogP contribution < -0.4 is 21.9 Å². The molecule has 0 radical (unpaired) electrons. The van der Waals surface area contributed by atoms with Gasteiger partial charge in [0.15, 0.2) is 11.5 Å². The molecule has 1 aromatic carbocycles. The Morgan fingerprint density at radius 2 is 1.82 bits per heavy atom. The van der Waals surface area contributed by atoms with Crippen molar-refractivity contribution >= 4 is 35.1 Å². The highest BCUT2D eigenvalue weighted by Crippen LogP contribution is 2.31. The molecule has 0 saturated carbocycles. The fourth-order valence-corrected chi connectivity index (χ4v) is 2.90. The quantitative estimate of drug-likeness (QED) is 0.423. The normalized spacial score (nSPS) is 11.1. The summed E-state index contributed by atoms with van der Waals surface area (Å²) >= 11 is 6.03. The topological polar surface area (TPSA) is 144 Å². The second-order valence-electron chi connectivity index (χ2n) is 6.58. The standard InChI is InChI=1S/C19H15ClF3N7O3/c1-9-4-5-12(10(7-9)16(31)27-28-18(24)33)26-17(32)13-8-14(19(21,22)23)29-30(13)15-11(20)3-2-6-25-15/h2-8H,1H3,(H,26,32)(H,27,31)(H3,24,28,33). The van der Waals surface area contributed by atoms with Gasteiger partial charge in [0.2, 0.25) is 0 Å². The highest BCUT2D eigenvalue weighted by molar-refractivity contribution is 6.32. The summed E-state index contributed by atoms with van der Waals surface area (Å²) in [5.41, 5.74) is 7.45. The Labute approximate surface area is 188 Å². The molecule has 0 atom stereocenters. The molecule has 0 aliphatic heterocycles. The second kappa shape index (κ2) is 9.16. The number of carbonyl (C=O) groups excluding carboxylic acids is 3. The number of alkyl halides is 3. The van der Waals surface area contributed by atoms with Crippen LogP contribution in [0.3, 0.4) is 0 Å². The maximum atomic E-state index is 13.3. The zero-order valence-corrected chi connectivity index (χ0v) is 17.5. The van der Waals surface area contributed by atoms with Crippen LogP contribution in [0, 0.1) is 6.92 Å². The number of nitrogens with two attached hydrogens (primary N) is 1. The number of anilines is 1. The van der Waals surface area contributed by atoms with E-state index in [2.05, 4.69) is 15.4 Å². The summed E-state index contributed by atoms with van der Waals surface area (Å²) in [5.74, 6) is -2.06. The van der Waals surface area contributed by atoms with Gasteiger partial charge in [-0.3, -0.25) is 15.0 Å². The van der Waals surface area contributed by atoms with Gasteiger partial charge in [0.05, 0.1) is 16.3 Å². The van der Waals surface area contributed by atoms with Gasteiger partial charge < -0.3 is 11.1 Å². The third-order valence-electron chi connectivity index (χ3n) is 4.14. The van der Waals surface area contributed by atoms with Crippen molar-refractivity contribution in [2.45, 2.75) is 13.1 Å². The van der Waals surface area contributed by atoms with Crippen LogP contribution in [-0.2, 0) is 6.18 Å². The van der Waals surface area contributed by atoms with Crippen molar-refractivity contribution in [3.8, 4) is 5.82 Å². The number of aryl methyl sites for hydroxylation is 1. The van der Waals surface area contributed by atoms with E-state index in [1.807, 2.05) is 10.9 Å². The molecule has 5 N–H and O–H groups in total. The highest BCUT2D eigenvalue weighted by atomic mass is 35.5. The number of halogens is 4. The Hall–Kier alpha value is -4.13. The van der Waals surface area contributed by atoms with Crippen LogP contribution >= 0.6 is 11.6 Å². The monoisotopic (exact) mass is 481 g/mol. The largest absolute Gasteiger partial charge is 0.435 e. The number of rotatable bonds is 4. The fourth-order valence-electron chi connectivity index (χ4n) is 2.70. The van der Waals surface area contributed by atoms with E-state index < -0.39 is 35.4 Å². The van der Waals surface area contributed by atoms with Crippen LogP contribution in [0.2, 0.25) is 5.02 Å². The lowest BCUT2D eigenvalue weighted by Crippen LogP contribution is -2.44. The van der Waals surface area contributed by atoms with E-state index >= 15 is 0 Å². The van der Waals surface area contributed by atoms with E-state index in [1.165, 1.54) is 30.5 Å². The Balaban J connectivity index is 2.02. The third-order valence-corrected chi connectivity index (χ3v) is 4.43. The number of hydrogen-bond donors (Lipinski definition) is 4. The predicted octanol–water partition coefficient (Wildman–Crippen LogP) is 2.81. The van der Waals surface area contributed by atoms with E-state index in [-0.39, 0.29) is 22.1 Å². The molecule has 172 valence electrons. The molecular formula is C19H15ClF3N7O3. The number of pyridine rings is 1. The first-order valence-corrected chi connectivity index (χ1v) is 9.41. The predicted molar refractivity (Wildman–Crippen MR) is 111 cm³/mol. The number of carbonyl (C=O) groups is 3. The Morgan fingerprint density at radius 3 is 2.45 bits per heavy atom. The van der Waals surface area contributed by atoms with Crippen LogP contribution in [0.15, 0.2) is 42.6 Å². The number of aromatic nitrogens is 3. The first-order chi connectivity index (χ1) is 15.5. The van der Waals surface area contributed by atoms with Crippen LogP contribution in [0.4, 0.5) is 23.7 Å². The number of urea groups is 1. The van der Waals surface area contributed by atoms with Gasteiger partial charge in [-0.05, 0) is 31.2 Å². The second-order valence-corrected chi connectivity index (χ2v) is 6.99. The van der Waals surface area contributed by atoms with Gasteiger partial charge in [0, 0.05) is 12.3 Å². The summed E-state index contributed by atoms with van der Waals surface area (Å²) in [4.78, 5) is 40.1. The summed E-state index contributed by atoms with van der Waals surface area (Å²) in [6, 6.07) is 6.64. The molecule has 0 saturated heterocycles. The van der Waals surface area contributed by atoms with Gasteiger partial charge in [-0.2, -0.15) is 18.3 Å². The van der Waals surface area contributed by atoms with E-state index in [0.717, 1.165) is 0 Å². The molecule has 10 nitrogen and oxygen atoms in total. The summed E-state index contributed by atoms with van der Waals surface area (Å²) in [6.45, 7) is 1.66. The first-order valence-electron chi connectivity index (χ1n) is 9.03. The summed E-state index contributed by atoms with van der Waals surface area (Å²) < 4.78 is 40.5. The molecule has 2 aromatic heterocycles. The molecule has 2 heterocycles. The number of benzene rings is 1. The van der Waals surface area contributed by atoms with Gasteiger partial charge >= 0.3 is 12.2 Å². The minimum atomic E-state index is -4.85. The molecular weight excluding hydrogens is 467 g/mol. The summed E-state index contributed by atoms with van der Waals surface area (Å²) in [5, 5.41) is 5.77. The number of nitrogens with zero attached hydrogens (tertiary/aromatic N) is 3. The lowest BCUT2D eigenvalue weighted by molar-refractivity contribution is -0.141. The minimum Gasteiger partial charge on any atom is -0.350 e. The molecule has 33 heavy (non-hydrogen) atoms. The van der Waals surface area contributed by atoms with Crippen molar-refractivity contribution < 1.29 is 27.6 Å². The van der Waals surface area contributed by atoms with Crippen molar-refractivity contribution in [2.75, 3.05) is 5.32 Å². The van der Waals surface area contributed by atoms with Crippen molar-refractivity contribution in [3.05, 3.63) is 70.1 Å². The Kier molecular flexibility index (Phi) is 6.53. The molecule has 3 aromatic rings. The molecule has 0 aliphatic carbocycles. The number of hydrazine groups is 1. The first kappa shape index (κ1) is 23.5. The Bertz CT molecular complexity index is 1240. The van der Waals surface area contributed by atoms with E-state index in [9.17, 15) is 27.6 Å². The van der Waals surface area contributed by atoms with Crippen molar-refractivity contribution in [1.29, 1.82) is 0 Å². The number of primary amides is 1.